The quantitative estimate of drug-likeness (QED) is 0.754. The van der Waals surface area contributed by atoms with E-state index < -0.39 is 0 Å². The monoisotopic (exact) mass is 226 g/mol. The SMILES string of the molecule is CCC(CN)CCN1CCCCCC1CC. The van der Waals surface area contributed by atoms with Crippen LogP contribution in [0.3, 0.4) is 0 Å². The zero-order valence-electron chi connectivity index (χ0n) is 11.3. The maximum Gasteiger partial charge on any atom is 0.00926 e. The van der Waals surface area contributed by atoms with E-state index in [4.69, 9.17) is 5.73 Å². The second kappa shape index (κ2) is 8.08. The van der Waals surface area contributed by atoms with Gasteiger partial charge in [-0.3, -0.25) is 0 Å². The van der Waals surface area contributed by atoms with Crippen LogP contribution >= 0.6 is 0 Å². The maximum atomic E-state index is 5.78. The van der Waals surface area contributed by atoms with E-state index in [2.05, 4.69) is 18.7 Å². The molecule has 1 aliphatic rings. The van der Waals surface area contributed by atoms with E-state index in [0.717, 1.165) is 18.5 Å². The third-order valence-corrected chi connectivity index (χ3v) is 4.21. The summed E-state index contributed by atoms with van der Waals surface area (Å²) < 4.78 is 0. The molecule has 1 aliphatic heterocycles. The largest absolute Gasteiger partial charge is 0.330 e. The Morgan fingerprint density at radius 2 is 2.06 bits per heavy atom. The van der Waals surface area contributed by atoms with Gasteiger partial charge in [0, 0.05) is 6.04 Å². The number of nitrogens with zero attached hydrogens (tertiary/aromatic N) is 1. The van der Waals surface area contributed by atoms with Gasteiger partial charge in [-0.1, -0.05) is 33.1 Å². The highest BCUT2D eigenvalue weighted by Crippen LogP contribution is 2.20. The lowest BCUT2D eigenvalue weighted by Gasteiger charge is -2.30. The number of hydrogen-bond donors (Lipinski definition) is 1. The average Bonchev–Trinajstić information content (AvgIpc) is 2.55. The minimum atomic E-state index is 0.737. The van der Waals surface area contributed by atoms with Crippen molar-refractivity contribution < 1.29 is 0 Å². The molecule has 1 heterocycles. The van der Waals surface area contributed by atoms with Crippen LogP contribution in [0.2, 0.25) is 0 Å². The van der Waals surface area contributed by atoms with Crippen molar-refractivity contribution >= 4 is 0 Å². The highest BCUT2D eigenvalue weighted by atomic mass is 15.1. The molecule has 0 radical (unpaired) electrons. The molecule has 0 aromatic heterocycles. The van der Waals surface area contributed by atoms with E-state index in [1.807, 2.05) is 0 Å². The Hall–Kier alpha value is -0.0800. The Morgan fingerprint density at radius 3 is 2.69 bits per heavy atom. The van der Waals surface area contributed by atoms with Gasteiger partial charge in [0.25, 0.3) is 0 Å². The van der Waals surface area contributed by atoms with Gasteiger partial charge in [-0.2, -0.15) is 0 Å². The van der Waals surface area contributed by atoms with Crippen molar-refractivity contribution in [3.8, 4) is 0 Å². The first-order chi connectivity index (χ1) is 7.81. The summed E-state index contributed by atoms with van der Waals surface area (Å²) in [7, 11) is 0. The molecule has 0 saturated carbocycles. The molecule has 96 valence electrons. The molecule has 2 N–H and O–H groups in total. The minimum Gasteiger partial charge on any atom is -0.330 e. The number of likely N-dealkylation sites (tertiary alicyclic amines) is 1. The predicted molar refractivity (Wildman–Crippen MR) is 71.6 cm³/mol. The molecular formula is C14H30N2. The Balaban J connectivity index is 2.36. The van der Waals surface area contributed by atoms with Crippen molar-refractivity contribution in [2.75, 3.05) is 19.6 Å². The van der Waals surface area contributed by atoms with Crippen molar-refractivity contribution in [2.45, 2.75) is 64.8 Å². The third-order valence-electron chi connectivity index (χ3n) is 4.21. The molecule has 16 heavy (non-hydrogen) atoms. The summed E-state index contributed by atoms with van der Waals surface area (Å²) in [6, 6.07) is 0.845. The molecule has 0 bridgehead atoms. The molecule has 0 spiro atoms. The normalized spacial score (nSPS) is 25.3. The van der Waals surface area contributed by atoms with Crippen LogP contribution in [0.15, 0.2) is 0 Å². The fourth-order valence-corrected chi connectivity index (χ4v) is 2.83. The van der Waals surface area contributed by atoms with Gasteiger partial charge >= 0.3 is 0 Å². The van der Waals surface area contributed by atoms with Crippen LogP contribution < -0.4 is 5.73 Å². The van der Waals surface area contributed by atoms with E-state index >= 15 is 0 Å². The molecular weight excluding hydrogens is 196 g/mol. The van der Waals surface area contributed by atoms with Crippen molar-refractivity contribution in [3.63, 3.8) is 0 Å². The van der Waals surface area contributed by atoms with Gasteiger partial charge in [-0.15, -0.1) is 0 Å². The molecule has 2 atom stereocenters. The molecule has 0 aliphatic carbocycles. The van der Waals surface area contributed by atoms with Crippen LogP contribution in [-0.2, 0) is 0 Å². The first kappa shape index (κ1) is 14.0. The van der Waals surface area contributed by atoms with Gasteiger partial charge in [0.1, 0.15) is 0 Å². The van der Waals surface area contributed by atoms with Crippen molar-refractivity contribution in [1.82, 2.24) is 4.90 Å². The van der Waals surface area contributed by atoms with Gasteiger partial charge < -0.3 is 10.6 Å². The maximum absolute atomic E-state index is 5.78. The van der Waals surface area contributed by atoms with Crippen LogP contribution in [0.5, 0.6) is 0 Å². The standard InChI is InChI=1S/C14H30N2/c1-3-13(12-15)9-11-16-10-7-5-6-8-14(16)4-2/h13-14H,3-12,15H2,1-2H3. The molecule has 2 unspecified atom stereocenters. The van der Waals surface area contributed by atoms with Gasteiger partial charge in [0.05, 0.1) is 0 Å². The molecule has 0 amide bonds. The fourth-order valence-electron chi connectivity index (χ4n) is 2.83. The summed E-state index contributed by atoms with van der Waals surface area (Å²) in [5.74, 6) is 0.737. The summed E-state index contributed by atoms with van der Waals surface area (Å²) >= 11 is 0. The Bertz CT molecular complexity index is 166. The lowest BCUT2D eigenvalue weighted by atomic mass is 10.0. The van der Waals surface area contributed by atoms with Crippen LogP contribution in [0, 0.1) is 5.92 Å². The molecule has 0 aromatic rings. The second-order valence-corrected chi connectivity index (χ2v) is 5.25. The Morgan fingerprint density at radius 1 is 1.25 bits per heavy atom. The van der Waals surface area contributed by atoms with Gasteiger partial charge in [0.15, 0.2) is 0 Å². The minimum absolute atomic E-state index is 0.737. The van der Waals surface area contributed by atoms with E-state index in [0.29, 0.717) is 0 Å². The highest BCUT2D eigenvalue weighted by molar-refractivity contribution is 4.75. The third kappa shape index (κ3) is 4.42. The topological polar surface area (TPSA) is 29.3 Å². The lowest BCUT2D eigenvalue weighted by Crippen LogP contribution is -2.36. The lowest BCUT2D eigenvalue weighted by molar-refractivity contribution is 0.181. The van der Waals surface area contributed by atoms with Crippen LogP contribution in [0.1, 0.15) is 58.8 Å². The highest BCUT2D eigenvalue weighted by Gasteiger charge is 2.19. The average molecular weight is 226 g/mol. The van der Waals surface area contributed by atoms with Gasteiger partial charge in [-0.25, -0.2) is 0 Å². The van der Waals surface area contributed by atoms with E-state index in [9.17, 15) is 0 Å². The smallest absolute Gasteiger partial charge is 0.00926 e. The van der Waals surface area contributed by atoms with Gasteiger partial charge in [-0.05, 0) is 51.2 Å². The Kier molecular flexibility index (Phi) is 7.06. The summed E-state index contributed by atoms with van der Waals surface area (Å²) in [5, 5.41) is 0. The summed E-state index contributed by atoms with van der Waals surface area (Å²) in [6.45, 7) is 8.05. The van der Waals surface area contributed by atoms with Crippen LogP contribution in [-0.4, -0.2) is 30.6 Å². The van der Waals surface area contributed by atoms with E-state index in [-0.39, 0.29) is 0 Å². The zero-order chi connectivity index (χ0) is 11.8. The van der Waals surface area contributed by atoms with Gasteiger partial charge in [0.2, 0.25) is 0 Å². The van der Waals surface area contributed by atoms with Crippen molar-refractivity contribution in [1.29, 1.82) is 0 Å². The van der Waals surface area contributed by atoms with E-state index in [1.54, 1.807) is 0 Å². The number of hydrogen-bond acceptors (Lipinski definition) is 2. The second-order valence-electron chi connectivity index (χ2n) is 5.25. The van der Waals surface area contributed by atoms with Crippen LogP contribution in [0.4, 0.5) is 0 Å². The summed E-state index contributed by atoms with van der Waals surface area (Å²) in [5.41, 5.74) is 5.78. The molecule has 1 saturated heterocycles. The first-order valence-electron chi connectivity index (χ1n) is 7.25. The first-order valence-corrected chi connectivity index (χ1v) is 7.25. The molecule has 2 nitrogen and oxygen atoms in total. The molecule has 2 heteroatoms. The van der Waals surface area contributed by atoms with Crippen LogP contribution in [0.25, 0.3) is 0 Å². The Labute approximate surface area is 102 Å². The molecule has 1 fully saturated rings. The van der Waals surface area contributed by atoms with E-state index in [1.165, 1.54) is 58.0 Å². The van der Waals surface area contributed by atoms with Crippen molar-refractivity contribution in [3.05, 3.63) is 0 Å². The molecule has 0 aromatic carbocycles. The predicted octanol–water partition coefficient (Wildman–Crippen LogP) is 3.02. The zero-order valence-corrected chi connectivity index (χ0v) is 11.3. The molecule has 1 rings (SSSR count). The fraction of sp³-hybridized carbons (Fsp3) is 1.00. The number of rotatable bonds is 6. The summed E-state index contributed by atoms with van der Waals surface area (Å²) in [4.78, 5) is 2.73. The number of nitrogens with two attached hydrogens (primary N) is 1. The van der Waals surface area contributed by atoms with Crippen molar-refractivity contribution in [2.24, 2.45) is 11.7 Å². The summed E-state index contributed by atoms with van der Waals surface area (Å²) in [6.07, 6.45) is 9.53.